The second-order valence-corrected chi connectivity index (χ2v) is 9.44. The summed E-state index contributed by atoms with van der Waals surface area (Å²) < 4.78 is 16.2. The van der Waals surface area contributed by atoms with Gasteiger partial charge in [0.25, 0.3) is 0 Å². The standard InChI is InChI=1S/C20H16Cl3FN4OS/c1-10(19(29)25-17-14(22)8-11(21)9-15(17)23)30-20-27-26-18(28(20)12-6-7-12)13-4-2-3-5-16(13)24/h2-5,8-10,12H,6-7H2,1H3,(H,25,29). The lowest BCUT2D eigenvalue weighted by Gasteiger charge is -2.15. The molecule has 0 saturated heterocycles. The molecule has 2 aromatic carbocycles. The van der Waals surface area contributed by atoms with Crippen LogP contribution in [0.15, 0.2) is 41.6 Å². The van der Waals surface area contributed by atoms with E-state index in [1.54, 1.807) is 25.1 Å². The fourth-order valence-electron chi connectivity index (χ4n) is 2.94. The van der Waals surface area contributed by atoms with Gasteiger partial charge in [0.05, 0.1) is 26.5 Å². The Morgan fingerprint density at radius 1 is 1.20 bits per heavy atom. The summed E-state index contributed by atoms with van der Waals surface area (Å²) in [5.74, 6) is -0.195. The second-order valence-electron chi connectivity index (χ2n) is 6.88. The fourth-order valence-corrected chi connectivity index (χ4v) is 4.77. The molecule has 1 amide bonds. The van der Waals surface area contributed by atoms with Gasteiger partial charge in [-0.3, -0.25) is 9.36 Å². The van der Waals surface area contributed by atoms with Gasteiger partial charge in [-0.2, -0.15) is 0 Å². The van der Waals surface area contributed by atoms with E-state index in [-0.39, 0.29) is 27.8 Å². The Hall–Kier alpha value is -1.80. The molecule has 1 unspecified atom stereocenters. The van der Waals surface area contributed by atoms with Crippen molar-refractivity contribution >= 4 is 58.2 Å². The molecule has 3 aromatic rings. The first-order chi connectivity index (χ1) is 14.3. The summed E-state index contributed by atoms with van der Waals surface area (Å²) in [7, 11) is 0. The minimum atomic E-state index is -0.525. The SMILES string of the molecule is CC(Sc1nnc(-c2ccccc2F)n1C1CC1)C(=O)Nc1c(Cl)cc(Cl)cc1Cl. The molecule has 156 valence electrons. The van der Waals surface area contributed by atoms with Crippen molar-refractivity contribution < 1.29 is 9.18 Å². The molecule has 1 saturated carbocycles. The largest absolute Gasteiger partial charge is 0.323 e. The van der Waals surface area contributed by atoms with Gasteiger partial charge in [0, 0.05) is 11.1 Å². The van der Waals surface area contributed by atoms with Crippen LogP contribution in [0.2, 0.25) is 15.1 Å². The van der Waals surface area contributed by atoms with Crippen molar-refractivity contribution in [1.82, 2.24) is 14.8 Å². The van der Waals surface area contributed by atoms with Gasteiger partial charge in [-0.25, -0.2) is 4.39 Å². The van der Waals surface area contributed by atoms with Gasteiger partial charge in [-0.1, -0.05) is 58.7 Å². The van der Waals surface area contributed by atoms with Crippen LogP contribution in [0.3, 0.4) is 0 Å². The average molecular weight is 486 g/mol. The Morgan fingerprint density at radius 2 is 1.87 bits per heavy atom. The lowest BCUT2D eigenvalue weighted by Crippen LogP contribution is -2.23. The molecule has 1 fully saturated rings. The molecule has 0 radical (unpaired) electrons. The smallest absolute Gasteiger partial charge is 0.237 e. The summed E-state index contributed by atoms with van der Waals surface area (Å²) in [5.41, 5.74) is 0.691. The zero-order valence-electron chi connectivity index (χ0n) is 15.7. The Kier molecular flexibility index (Phi) is 6.25. The number of benzene rings is 2. The highest BCUT2D eigenvalue weighted by atomic mass is 35.5. The lowest BCUT2D eigenvalue weighted by atomic mass is 10.2. The Morgan fingerprint density at radius 3 is 2.50 bits per heavy atom. The number of rotatable bonds is 6. The van der Waals surface area contributed by atoms with Gasteiger partial charge < -0.3 is 5.32 Å². The number of hydrogen-bond donors (Lipinski definition) is 1. The molecule has 0 spiro atoms. The van der Waals surface area contributed by atoms with Crippen LogP contribution in [0.4, 0.5) is 10.1 Å². The molecule has 1 aromatic heterocycles. The van der Waals surface area contributed by atoms with Crippen LogP contribution in [0, 0.1) is 5.82 Å². The van der Waals surface area contributed by atoms with E-state index in [0.717, 1.165) is 12.8 Å². The molecule has 4 rings (SSSR count). The number of halogens is 4. The van der Waals surface area contributed by atoms with E-state index in [2.05, 4.69) is 15.5 Å². The number of aromatic nitrogens is 3. The van der Waals surface area contributed by atoms with Crippen molar-refractivity contribution in [2.24, 2.45) is 0 Å². The number of carbonyl (C=O) groups is 1. The second kappa shape index (κ2) is 8.75. The minimum Gasteiger partial charge on any atom is -0.323 e. The highest BCUT2D eigenvalue weighted by Crippen LogP contribution is 2.42. The Balaban J connectivity index is 1.56. The van der Waals surface area contributed by atoms with Gasteiger partial charge in [0.15, 0.2) is 11.0 Å². The molecular weight excluding hydrogens is 470 g/mol. The van der Waals surface area contributed by atoms with Crippen molar-refractivity contribution in [3.05, 3.63) is 57.3 Å². The summed E-state index contributed by atoms with van der Waals surface area (Å²) in [6.07, 6.45) is 1.92. The van der Waals surface area contributed by atoms with E-state index < -0.39 is 5.25 Å². The molecule has 1 N–H and O–H groups in total. The van der Waals surface area contributed by atoms with Crippen LogP contribution in [-0.4, -0.2) is 25.9 Å². The maximum atomic E-state index is 14.3. The van der Waals surface area contributed by atoms with Crippen LogP contribution in [0.1, 0.15) is 25.8 Å². The molecule has 1 atom stereocenters. The average Bonchev–Trinajstić information content (AvgIpc) is 3.45. The van der Waals surface area contributed by atoms with Crippen LogP contribution >= 0.6 is 46.6 Å². The van der Waals surface area contributed by atoms with Crippen LogP contribution < -0.4 is 5.32 Å². The molecule has 1 heterocycles. The van der Waals surface area contributed by atoms with Gasteiger partial charge >= 0.3 is 0 Å². The van der Waals surface area contributed by atoms with E-state index in [4.69, 9.17) is 34.8 Å². The van der Waals surface area contributed by atoms with Crippen LogP contribution in [0.5, 0.6) is 0 Å². The summed E-state index contributed by atoms with van der Waals surface area (Å²) in [4.78, 5) is 12.7. The van der Waals surface area contributed by atoms with Crippen molar-refractivity contribution in [3.8, 4) is 11.4 Å². The molecule has 0 aliphatic heterocycles. The Bertz CT molecular complexity index is 1100. The van der Waals surface area contributed by atoms with Crippen molar-refractivity contribution in [2.45, 2.75) is 36.2 Å². The minimum absolute atomic E-state index is 0.201. The third kappa shape index (κ3) is 4.44. The summed E-state index contributed by atoms with van der Waals surface area (Å²) in [5, 5.41) is 12.1. The van der Waals surface area contributed by atoms with Gasteiger partial charge in [0.2, 0.25) is 5.91 Å². The molecule has 1 aliphatic carbocycles. The summed E-state index contributed by atoms with van der Waals surface area (Å²) in [6, 6.07) is 9.67. The first-order valence-corrected chi connectivity index (χ1v) is 11.2. The topological polar surface area (TPSA) is 59.8 Å². The predicted molar refractivity (Wildman–Crippen MR) is 119 cm³/mol. The van der Waals surface area contributed by atoms with E-state index in [9.17, 15) is 9.18 Å². The first-order valence-electron chi connectivity index (χ1n) is 9.17. The van der Waals surface area contributed by atoms with Crippen LogP contribution in [-0.2, 0) is 4.79 Å². The van der Waals surface area contributed by atoms with Crippen molar-refractivity contribution in [3.63, 3.8) is 0 Å². The number of thioether (sulfide) groups is 1. The lowest BCUT2D eigenvalue weighted by molar-refractivity contribution is -0.115. The third-order valence-electron chi connectivity index (χ3n) is 4.60. The van der Waals surface area contributed by atoms with E-state index in [1.165, 1.54) is 30.0 Å². The number of carbonyl (C=O) groups excluding carboxylic acids is 1. The van der Waals surface area contributed by atoms with Gasteiger partial charge in [-0.05, 0) is 44.0 Å². The van der Waals surface area contributed by atoms with Gasteiger partial charge in [-0.15, -0.1) is 10.2 Å². The molecule has 30 heavy (non-hydrogen) atoms. The molecule has 0 bridgehead atoms. The molecular formula is C20H16Cl3FN4OS. The number of nitrogens with zero attached hydrogens (tertiary/aromatic N) is 3. The monoisotopic (exact) mass is 484 g/mol. The summed E-state index contributed by atoms with van der Waals surface area (Å²) >= 11 is 19.5. The third-order valence-corrected chi connectivity index (χ3v) is 6.47. The number of anilines is 1. The quantitative estimate of drug-likeness (QED) is 0.405. The van der Waals surface area contributed by atoms with E-state index >= 15 is 0 Å². The number of hydrogen-bond acceptors (Lipinski definition) is 4. The zero-order valence-corrected chi connectivity index (χ0v) is 18.8. The summed E-state index contributed by atoms with van der Waals surface area (Å²) in [6.45, 7) is 1.74. The molecule has 5 nitrogen and oxygen atoms in total. The fraction of sp³-hybridized carbons (Fsp3) is 0.250. The number of nitrogens with one attached hydrogen (secondary N) is 1. The highest BCUT2D eigenvalue weighted by Gasteiger charge is 2.32. The first kappa shape index (κ1) is 21.4. The predicted octanol–water partition coefficient (Wildman–Crippen LogP) is 6.50. The molecule has 1 aliphatic rings. The maximum absolute atomic E-state index is 14.3. The number of amides is 1. The van der Waals surface area contributed by atoms with E-state index in [1.807, 2.05) is 4.57 Å². The Labute approximate surface area is 191 Å². The normalized spacial score (nSPS) is 14.6. The van der Waals surface area contributed by atoms with E-state index in [0.29, 0.717) is 27.3 Å². The molecule has 10 heteroatoms. The highest BCUT2D eigenvalue weighted by molar-refractivity contribution is 8.00. The zero-order chi connectivity index (χ0) is 21.4. The van der Waals surface area contributed by atoms with Crippen molar-refractivity contribution in [1.29, 1.82) is 0 Å². The van der Waals surface area contributed by atoms with Gasteiger partial charge in [0.1, 0.15) is 5.82 Å². The maximum Gasteiger partial charge on any atom is 0.237 e. The van der Waals surface area contributed by atoms with Crippen molar-refractivity contribution in [2.75, 3.05) is 5.32 Å². The van der Waals surface area contributed by atoms with Crippen LogP contribution in [0.25, 0.3) is 11.4 Å².